The summed E-state index contributed by atoms with van der Waals surface area (Å²) in [5, 5.41) is 2.93. The summed E-state index contributed by atoms with van der Waals surface area (Å²) in [7, 11) is 3.22. The molecule has 0 spiro atoms. The molecular weight excluding hydrogens is 250 g/mol. The van der Waals surface area contributed by atoms with Crippen LogP contribution in [0.5, 0.6) is 11.5 Å². The van der Waals surface area contributed by atoms with Crippen LogP contribution < -0.4 is 14.8 Å². The minimum absolute atomic E-state index is 0.0212. The number of benzene rings is 1. The molecule has 0 aliphatic rings. The number of hydrogen-bond donors (Lipinski definition) is 1. The Hall–Kier alpha value is -1.36. The number of methoxy groups -OCH3 is 2. The molecule has 4 nitrogen and oxygen atoms in total. The first kappa shape index (κ1) is 14.7. The lowest BCUT2D eigenvalue weighted by Crippen LogP contribution is -2.28. The Morgan fingerprint density at radius 3 is 2.67 bits per heavy atom. The molecule has 1 rings (SSSR count). The molecule has 0 heterocycles. The van der Waals surface area contributed by atoms with Crippen molar-refractivity contribution in [2.75, 3.05) is 26.2 Å². The monoisotopic (exact) mass is 269 g/mol. The van der Waals surface area contributed by atoms with Gasteiger partial charge in [0, 0.05) is 11.6 Å². The number of rotatable bonds is 6. The highest BCUT2D eigenvalue weighted by atomic mass is 32.2. The lowest BCUT2D eigenvalue weighted by Gasteiger charge is -2.17. The fourth-order valence-corrected chi connectivity index (χ4v) is 2.01. The molecule has 1 aromatic rings. The summed E-state index contributed by atoms with van der Waals surface area (Å²) in [5.41, 5.74) is 0.938. The number of carbonyl (C=O) groups is 1. The van der Waals surface area contributed by atoms with Crippen LogP contribution in [0.1, 0.15) is 18.5 Å². The van der Waals surface area contributed by atoms with Crippen LogP contribution in [-0.2, 0) is 4.79 Å². The summed E-state index contributed by atoms with van der Waals surface area (Å²) in [5.74, 6) is 1.93. The van der Waals surface area contributed by atoms with Gasteiger partial charge in [-0.2, -0.15) is 11.8 Å². The van der Waals surface area contributed by atoms with E-state index in [2.05, 4.69) is 5.32 Å². The van der Waals surface area contributed by atoms with Gasteiger partial charge in [0.05, 0.1) is 26.0 Å². The zero-order valence-corrected chi connectivity index (χ0v) is 12.0. The number of hydrogen-bond acceptors (Lipinski definition) is 4. The summed E-state index contributed by atoms with van der Waals surface area (Å²) in [6.45, 7) is 1.93. The second kappa shape index (κ2) is 7.16. The van der Waals surface area contributed by atoms with Crippen molar-refractivity contribution in [3.63, 3.8) is 0 Å². The van der Waals surface area contributed by atoms with Gasteiger partial charge in [0.2, 0.25) is 5.91 Å². The summed E-state index contributed by atoms with van der Waals surface area (Å²) < 4.78 is 10.5. The fourth-order valence-electron chi connectivity index (χ4n) is 1.67. The van der Waals surface area contributed by atoms with Gasteiger partial charge in [-0.25, -0.2) is 0 Å². The zero-order valence-electron chi connectivity index (χ0n) is 11.1. The molecule has 0 saturated heterocycles. The molecule has 0 aliphatic carbocycles. The Morgan fingerprint density at radius 2 is 2.11 bits per heavy atom. The fraction of sp³-hybridized carbons (Fsp3) is 0.462. The second-order valence-electron chi connectivity index (χ2n) is 3.83. The first-order valence-corrected chi connectivity index (χ1v) is 7.02. The predicted molar refractivity (Wildman–Crippen MR) is 74.5 cm³/mol. The van der Waals surface area contributed by atoms with E-state index in [4.69, 9.17) is 9.47 Å². The van der Waals surface area contributed by atoms with Gasteiger partial charge in [0.15, 0.2) is 0 Å². The van der Waals surface area contributed by atoms with Crippen LogP contribution in [0.15, 0.2) is 18.2 Å². The average molecular weight is 269 g/mol. The molecule has 0 fully saturated rings. The van der Waals surface area contributed by atoms with Crippen LogP contribution in [0.3, 0.4) is 0 Å². The SMILES string of the molecule is COc1ccc(C(C)NC(=O)CSC)c(OC)c1. The van der Waals surface area contributed by atoms with Gasteiger partial charge in [0.1, 0.15) is 11.5 Å². The number of amides is 1. The van der Waals surface area contributed by atoms with Crippen LogP contribution in [0.25, 0.3) is 0 Å². The standard InChI is InChI=1S/C13H19NO3S/c1-9(14-13(15)8-18-4)11-6-5-10(16-2)7-12(11)17-3/h5-7,9H,8H2,1-4H3,(H,14,15). The van der Waals surface area contributed by atoms with Crippen LogP contribution >= 0.6 is 11.8 Å². The average Bonchev–Trinajstić information content (AvgIpc) is 2.38. The van der Waals surface area contributed by atoms with Gasteiger partial charge >= 0.3 is 0 Å². The Bertz CT molecular complexity index is 409. The minimum atomic E-state index is -0.0921. The molecule has 1 amide bonds. The van der Waals surface area contributed by atoms with E-state index in [0.29, 0.717) is 11.5 Å². The molecule has 0 aliphatic heterocycles. The third-order valence-electron chi connectivity index (χ3n) is 2.56. The normalized spacial score (nSPS) is 11.8. The van der Waals surface area contributed by atoms with E-state index in [1.807, 2.05) is 31.4 Å². The van der Waals surface area contributed by atoms with Gasteiger partial charge in [-0.3, -0.25) is 4.79 Å². The summed E-state index contributed by atoms with van der Waals surface area (Å²) in [6.07, 6.45) is 1.90. The van der Waals surface area contributed by atoms with E-state index in [0.717, 1.165) is 11.3 Å². The van der Waals surface area contributed by atoms with Crippen molar-refractivity contribution in [1.29, 1.82) is 0 Å². The molecule has 5 heteroatoms. The second-order valence-corrected chi connectivity index (χ2v) is 4.70. The molecule has 0 bridgehead atoms. The molecule has 0 radical (unpaired) electrons. The van der Waals surface area contributed by atoms with Gasteiger partial charge in [-0.05, 0) is 25.3 Å². The lowest BCUT2D eigenvalue weighted by atomic mass is 10.1. The molecule has 1 aromatic carbocycles. The molecule has 1 atom stereocenters. The highest BCUT2D eigenvalue weighted by molar-refractivity contribution is 7.99. The van der Waals surface area contributed by atoms with E-state index in [-0.39, 0.29) is 11.9 Å². The third kappa shape index (κ3) is 3.84. The van der Waals surface area contributed by atoms with Crippen LogP contribution in [0.2, 0.25) is 0 Å². The summed E-state index contributed by atoms with van der Waals surface area (Å²) >= 11 is 1.50. The van der Waals surface area contributed by atoms with Crippen molar-refractivity contribution < 1.29 is 14.3 Å². The third-order valence-corrected chi connectivity index (χ3v) is 3.11. The molecular formula is C13H19NO3S. The topological polar surface area (TPSA) is 47.6 Å². The summed E-state index contributed by atoms with van der Waals surface area (Å²) in [6, 6.07) is 5.48. The Balaban J connectivity index is 2.84. The van der Waals surface area contributed by atoms with Crippen molar-refractivity contribution in [3.8, 4) is 11.5 Å². The van der Waals surface area contributed by atoms with E-state index in [1.165, 1.54) is 11.8 Å². The first-order chi connectivity index (χ1) is 8.62. The van der Waals surface area contributed by atoms with Crippen LogP contribution in [0.4, 0.5) is 0 Å². The lowest BCUT2D eigenvalue weighted by molar-refractivity contribution is -0.119. The van der Waals surface area contributed by atoms with Crippen LogP contribution in [-0.4, -0.2) is 32.1 Å². The predicted octanol–water partition coefficient (Wildman–Crippen LogP) is 2.24. The molecule has 0 saturated carbocycles. The van der Waals surface area contributed by atoms with E-state index in [9.17, 15) is 4.79 Å². The summed E-state index contributed by atoms with van der Waals surface area (Å²) in [4.78, 5) is 11.6. The maximum atomic E-state index is 11.6. The molecule has 1 unspecified atom stereocenters. The van der Waals surface area contributed by atoms with Crippen molar-refractivity contribution in [3.05, 3.63) is 23.8 Å². The zero-order chi connectivity index (χ0) is 13.5. The smallest absolute Gasteiger partial charge is 0.230 e. The van der Waals surface area contributed by atoms with Gasteiger partial charge in [-0.1, -0.05) is 0 Å². The van der Waals surface area contributed by atoms with Crippen molar-refractivity contribution in [2.24, 2.45) is 0 Å². The van der Waals surface area contributed by atoms with Crippen molar-refractivity contribution >= 4 is 17.7 Å². The number of nitrogens with one attached hydrogen (secondary N) is 1. The van der Waals surface area contributed by atoms with E-state index >= 15 is 0 Å². The van der Waals surface area contributed by atoms with E-state index in [1.54, 1.807) is 14.2 Å². The van der Waals surface area contributed by atoms with Gasteiger partial charge in [0.25, 0.3) is 0 Å². The van der Waals surface area contributed by atoms with E-state index < -0.39 is 0 Å². The highest BCUT2D eigenvalue weighted by Crippen LogP contribution is 2.29. The maximum absolute atomic E-state index is 11.6. The Kier molecular flexibility index (Phi) is 5.85. The molecule has 1 N–H and O–H groups in total. The molecule has 18 heavy (non-hydrogen) atoms. The van der Waals surface area contributed by atoms with Gasteiger partial charge < -0.3 is 14.8 Å². The van der Waals surface area contributed by atoms with Crippen molar-refractivity contribution in [1.82, 2.24) is 5.32 Å². The quantitative estimate of drug-likeness (QED) is 0.860. The highest BCUT2D eigenvalue weighted by Gasteiger charge is 2.14. The molecule has 100 valence electrons. The first-order valence-electron chi connectivity index (χ1n) is 5.62. The van der Waals surface area contributed by atoms with Crippen LogP contribution in [0, 0.1) is 0 Å². The minimum Gasteiger partial charge on any atom is -0.497 e. The molecule has 0 aromatic heterocycles. The number of ether oxygens (including phenoxy) is 2. The number of carbonyl (C=O) groups excluding carboxylic acids is 1. The van der Waals surface area contributed by atoms with Crippen molar-refractivity contribution in [2.45, 2.75) is 13.0 Å². The largest absolute Gasteiger partial charge is 0.497 e. The maximum Gasteiger partial charge on any atom is 0.230 e. The Morgan fingerprint density at radius 1 is 1.39 bits per heavy atom. The Labute approximate surface area is 112 Å². The number of thioether (sulfide) groups is 1. The van der Waals surface area contributed by atoms with Gasteiger partial charge in [-0.15, -0.1) is 0 Å².